The van der Waals surface area contributed by atoms with Crippen LogP contribution in [0.2, 0.25) is 0 Å². The highest BCUT2D eigenvalue weighted by atomic mass is 15.2. The van der Waals surface area contributed by atoms with E-state index < -0.39 is 0 Å². The number of rotatable bonds is 2. The van der Waals surface area contributed by atoms with Crippen LogP contribution in [0.25, 0.3) is 0 Å². The van der Waals surface area contributed by atoms with Gasteiger partial charge in [0.2, 0.25) is 0 Å². The minimum Gasteiger partial charge on any atom is -0.364 e. The van der Waals surface area contributed by atoms with Gasteiger partial charge in [0.25, 0.3) is 0 Å². The lowest BCUT2D eigenvalue weighted by Crippen LogP contribution is -2.49. The Morgan fingerprint density at radius 3 is 2.18 bits per heavy atom. The van der Waals surface area contributed by atoms with Gasteiger partial charge < -0.3 is 4.90 Å². The number of pyridine rings is 1. The second kappa shape index (κ2) is 5.07. The lowest BCUT2D eigenvalue weighted by atomic mass is 9.90. The SMILES string of the molecule is CC(C)(C)N(c1ccncc1)C1CCCCC1. The predicted octanol–water partition coefficient (Wildman–Crippen LogP) is 4.02. The van der Waals surface area contributed by atoms with E-state index in [0.29, 0.717) is 6.04 Å². The average molecular weight is 232 g/mol. The maximum absolute atomic E-state index is 4.13. The number of aromatic nitrogens is 1. The number of hydrogen-bond acceptors (Lipinski definition) is 2. The Kier molecular flexibility index (Phi) is 3.70. The third-order valence-electron chi connectivity index (χ3n) is 3.60. The second-order valence-electron chi connectivity index (χ2n) is 6.04. The maximum Gasteiger partial charge on any atom is 0.0403 e. The van der Waals surface area contributed by atoms with Gasteiger partial charge in [0.15, 0.2) is 0 Å². The van der Waals surface area contributed by atoms with E-state index in [4.69, 9.17) is 0 Å². The molecule has 0 aromatic carbocycles. The first-order chi connectivity index (χ1) is 8.09. The molecule has 0 aliphatic heterocycles. The van der Waals surface area contributed by atoms with Crippen LogP contribution in [-0.2, 0) is 0 Å². The summed E-state index contributed by atoms with van der Waals surface area (Å²) in [4.78, 5) is 6.72. The van der Waals surface area contributed by atoms with Crippen molar-refractivity contribution in [1.82, 2.24) is 4.98 Å². The summed E-state index contributed by atoms with van der Waals surface area (Å²) in [6.07, 6.45) is 10.6. The Labute approximate surface area is 105 Å². The van der Waals surface area contributed by atoms with Crippen LogP contribution in [0, 0.1) is 0 Å². The zero-order chi connectivity index (χ0) is 12.3. The summed E-state index contributed by atoms with van der Waals surface area (Å²) < 4.78 is 0. The molecule has 0 amide bonds. The molecular formula is C15H24N2. The minimum absolute atomic E-state index is 0.184. The van der Waals surface area contributed by atoms with Crippen LogP contribution in [0.15, 0.2) is 24.5 Å². The molecule has 94 valence electrons. The summed E-state index contributed by atoms with van der Waals surface area (Å²) in [5.74, 6) is 0. The summed E-state index contributed by atoms with van der Waals surface area (Å²) in [5, 5.41) is 0. The third-order valence-corrected chi connectivity index (χ3v) is 3.60. The molecule has 1 heterocycles. The molecule has 0 unspecified atom stereocenters. The van der Waals surface area contributed by atoms with E-state index in [9.17, 15) is 0 Å². The number of anilines is 1. The topological polar surface area (TPSA) is 16.1 Å². The van der Waals surface area contributed by atoms with Crippen molar-refractivity contribution in [2.45, 2.75) is 64.5 Å². The molecule has 1 saturated carbocycles. The molecule has 17 heavy (non-hydrogen) atoms. The molecule has 0 spiro atoms. The molecule has 0 bridgehead atoms. The van der Waals surface area contributed by atoms with Gasteiger partial charge in [0.1, 0.15) is 0 Å². The van der Waals surface area contributed by atoms with Gasteiger partial charge in [-0.2, -0.15) is 0 Å². The summed E-state index contributed by atoms with van der Waals surface area (Å²) in [6.45, 7) is 6.92. The van der Waals surface area contributed by atoms with Crippen LogP contribution in [0.4, 0.5) is 5.69 Å². The van der Waals surface area contributed by atoms with Crippen molar-refractivity contribution in [1.29, 1.82) is 0 Å². The molecule has 1 fully saturated rings. The normalized spacial score (nSPS) is 18.1. The molecule has 0 atom stereocenters. The first kappa shape index (κ1) is 12.4. The molecule has 0 saturated heterocycles. The van der Waals surface area contributed by atoms with E-state index >= 15 is 0 Å². The minimum atomic E-state index is 0.184. The van der Waals surface area contributed by atoms with Gasteiger partial charge in [-0.3, -0.25) is 4.98 Å². The molecule has 1 aliphatic carbocycles. The fraction of sp³-hybridized carbons (Fsp3) is 0.667. The summed E-state index contributed by atoms with van der Waals surface area (Å²) >= 11 is 0. The molecule has 2 rings (SSSR count). The van der Waals surface area contributed by atoms with Crippen molar-refractivity contribution in [3.63, 3.8) is 0 Å². The Balaban J connectivity index is 2.25. The number of hydrogen-bond donors (Lipinski definition) is 0. The van der Waals surface area contributed by atoms with Crippen LogP contribution in [0.5, 0.6) is 0 Å². The Morgan fingerprint density at radius 2 is 1.65 bits per heavy atom. The average Bonchev–Trinajstić information content (AvgIpc) is 2.30. The van der Waals surface area contributed by atoms with E-state index in [-0.39, 0.29) is 5.54 Å². The quantitative estimate of drug-likeness (QED) is 0.765. The van der Waals surface area contributed by atoms with Gasteiger partial charge in [-0.1, -0.05) is 19.3 Å². The Bertz CT molecular complexity index is 334. The van der Waals surface area contributed by atoms with Crippen LogP contribution >= 0.6 is 0 Å². The smallest absolute Gasteiger partial charge is 0.0403 e. The fourth-order valence-corrected chi connectivity index (χ4v) is 2.99. The third kappa shape index (κ3) is 2.99. The van der Waals surface area contributed by atoms with Gasteiger partial charge in [0.05, 0.1) is 0 Å². The molecule has 0 radical (unpaired) electrons. The zero-order valence-electron chi connectivity index (χ0n) is 11.3. The Morgan fingerprint density at radius 1 is 1.06 bits per heavy atom. The van der Waals surface area contributed by atoms with Gasteiger partial charge in [-0.25, -0.2) is 0 Å². The molecule has 2 nitrogen and oxygen atoms in total. The molecule has 1 aliphatic rings. The fourth-order valence-electron chi connectivity index (χ4n) is 2.99. The van der Waals surface area contributed by atoms with Gasteiger partial charge in [0, 0.05) is 29.7 Å². The maximum atomic E-state index is 4.13. The van der Waals surface area contributed by atoms with E-state index in [2.05, 4.69) is 42.8 Å². The monoisotopic (exact) mass is 232 g/mol. The van der Waals surface area contributed by atoms with Crippen LogP contribution in [0.1, 0.15) is 52.9 Å². The molecular weight excluding hydrogens is 208 g/mol. The lowest BCUT2D eigenvalue weighted by Gasteiger charge is -2.45. The van der Waals surface area contributed by atoms with Crippen molar-refractivity contribution in [2.24, 2.45) is 0 Å². The first-order valence-corrected chi connectivity index (χ1v) is 6.78. The summed E-state index contributed by atoms with van der Waals surface area (Å²) in [5.41, 5.74) is 1.50. The van der Waals surface area contributed by atoms with Crippen molar-refractivity contribution < 1.29 is 0 Å². The summed E-state index contributed by atoms with van der Waals surface area (Å²) in [6, 6.07) is 4.98. The van der Waals surface area contributed by atoms with Crippen molar-refractivity contribution in [3.05, 3.63) is 24.5 Å². The summed E-state index contributed by atoms with van der Waals surface area (Å²) in [7, 11) is 0. The zero-order valence-corrected chi connectivity index (χ0v) is 11.3. The number of nitrogens with zero attached hydrogens (tertiary/aromatic N) is 2. The van der Waals surface area contributed by atoms with Crippen LogP contribution in [0.3, 0.4) is 0 Å². The van der Waals surface area contributed by atoms with Crippen LogP contribution in [-0.4, -0.2) is 16.6 Å². The van der Waals surface area contributed by atoms with E-state index in [1.54, 1.807) is 0 Å². The highest BCUT2D eigenvalue weighted by Gasteiger charge is 2.29. The van der Waals surface area contributed by atoms with Gasteiger partial charge >= 0.3 is 0 Å². The van der Waals surface area contributed by atoms with Crippen molar-refractivity contribution >= 4 is 5.69 Å². The molecule has 1 aromatic rings. The highest BCUT2D eigenvalue weighted by Crippen LogP contribution is 2.32. The molecule has 0 N–H and O–H groups in total. The lowest BCUT2D eigenvalue weighted by molar-refractivity contribution is 0.354. The largest absolute Gasteiger partial charge is 0.364 e. The predicted molar refractivity (Wildman–Crippen MR) is 73.3 cm³/mol. The van der Waals surface area contributed by atoms with E-state index in [1.807, 2.05) is 12.4 Å². The van der Waals surface area contributed by atoms with Gasteiger partial charge in [-0.15, -0.1) is 0 Å². The first-order valence-electron chi connectivity index (χ1n) is 6.78. The highest BCUT2D eigenvalue weighted by molar-refractivity contribution is 5.48. The second-order valence-corrected chi connectivity index (χ2v) is 6.04. The molecule has 1 aromatic heterocycles. The Hall–Kier alpha value is -1.05. The molecule has 2 heteroatoms. The van der Waals surface area contributed by atoms with Crippen LogP contribution < -0.4 is 4.90 Å². The van der Waals surface area contributed by atoms with Gasteiger partial charge in [-0.05, 0) is 45.7 Å². The van der Waals surface area contributed by atoms with E-state index in [0.717, 1.165) is 0 Å². The van der Waals surface area contributed by atoms with E-state index in [1.165, 1.54) is 37.8 Å². The van der Waals surface area contributed by atoms with Crippen molar-refractivity contribution in [3.8, 4) is 0 Å². The standard InChI is InChI=1S/C15H24N2/c1-15(2,3)17(13-7-5-4-6-8-13)14-9-11-16-12-10-14/h9-13H,4-8H2,1-3H3. The van der Waals surface area contributed by atoms with Crippen molar-refractivity contribution in [2.75, 3.05) is 4.90 Å².